The van der Waals surface area contributed by atoms with Gasteiger partial charge in [0.25, 0.3) is 0 Å². The van der Waals surface area contributed by atoms with Crippen LogP contribution in [0.5, 0.6) is 5.75 Å². The molecular formula is C13H16N2O. The Bertz CT molecular complexity index is 500. The fourth-order valence-corrected chi connectivity index (χ4v) is 1.86. The molecule has 84 valence electrons. The van der Waals surface area contributed by atoms with Crippen molar-refractivity contribution in [2.24, 2.45) is 0 Å². The predicted molar refractivity (Wildman–Crippen MR) is 64.1 cm³/mol. The molecule has 0 unspecified atom stereocenters. The smallest absolute Gasteiger partial charge is 0.157 e. The summed E-state index contributed by atoms with van der Waals surface area (Å²) in [5.41, 5.74) is 3.02. The van der Waals surface area contributed by atoms with E-state index in [9.17, 15) is 5.11 Å². The molecule has 2 aromatic rings. The quantitative estimate of drug-likeness (QED) is 0.838. The van der Waals surface area contributed by atoms with Crippen LogP contribution in [0.25, 0.3) is 5.69 Å². The Hall–Kier alpha value is -1.77. The first-order valence-corrected chi connectivity index (χ1v) is 5.43. The van der Waals surface area contributed by atoms with Crippen LogP contribution in [-0.4, -0.2) is 14.9 Å². The van der Waals surface area contributed by atoms with Crippen molar-refractivity contribution in [1.82, 2.24) is 9.78 Å². The van der Waals surface area contributed by atoms with Gasteiger partial charge in [0.15, 0.2) is 5.75 Å². The van der Waals surface area contributed by atoms with Crippen molar-refractivity contribution >= 4 is 0 Å². The molecule has 0 bridgehead atoms. The maximum atomic E-state index is 9.75. The van der Waals surface area contributed by atoms with Crippen molar-refractivity contribution in [3.8, 4) is 11.4 Å². The number of aromatic hydroxyl groups is 1. The van der Waals surface area contributed by atoms with Gasteiger partial charge in [-0.1, -0.05) is 26.0 Å². The van der Waals surface area contributed by atoms with E-state index < -0.39 is 0 Å². The molecule has 0 aliphatic carbocycles. The number of hydrogen-bond donors (Lipinski definition) is 1. The summed E-state index contributed by atoms with van der Waals surface area (Å²) in [4.78, 5) is 0. The number of hydrogen-bond acceptors (Lipinski definition) is 2. The number of aromatic nitrogens is 2. The molecule has 2 rings (SSSR count). The molecule has 0 amide bonds. The van der Waals surface area contributed by atoms with Gasteiger partial charge in [0, 0.05) is 0 Å². The summed E-state index contributed by atoms with van der Waals surface area (Å²) in [5, 5.41) is 14.0. The van der Waals surface area contributed by atoms with Crippen LogP contribution in [0.4, 0.5) is 0 Å². The van der Waals surface area contributed by atoms with Gasteiger partial charge >= 0.3 is 0 Å². The third-order valence-electron chi connectivity index (χ3n) is 2.58. The van der Waals surface area contributed by atoms with Gasteiger partial charge in [0.05, 0.1) is 17.6 Å². The van der Waals surface area contributed by atoms with Crippen LogP contribution in [0.3, 0.4) is 0 Å². The highest BCUT2D eigenvalue weighted by molar-refractivity contribution is 5.40. The fraction of sp³-hybridized carbons (Fsp3) is 0.308. The van der Waals surface area contributed by atoms with E-state index >= 15 is 0 Å². The van der Waals surface area contributed by atoms with Gasteiger partial charge < -0.3 is 5.11 Å². The van der Waals surface area contributed by atoms with Gasteiger partial charge in [0.1, 0.15) is 0 Å². The lowest BCUT2D eigenvalue weighted by Gasteiger charge is -2.10. The maximum absolute atomic E-state index is 9.75. The predicted octanol–water partition coefficient (Wildman–Crippen LogP) is 3.01. The highest BCUT2D eigenvalue weighted by atomic mass is 16.3. The normalized spacial score (nSPS) is 11.0. The number of benzene rings is 1. The van der Waals surface area contributed by atoms with E-state index in [-0.39, 0.29) is 11.7 Å². The molecular weight excluding hydrogens is 200 g/mol. The van der Waals surface area contributed by atoms with Crippen LogP contribution >= 0.6 is 0 Å². The minimum absolute atomic E-state index is 0.239. The molecule has 0 radical (unpaired) electrons. The fourth-order valence-electron chi connectivity index (χ4n) is 1.86. The molecule has 0 spiro atoms. The Labute approximate surface area is 95.3 Å². The molecule has 0 saturated heterocycles. The standard InChI is InChI=1S/C13H16N2O/c1-9(2)13-12(16)8-14-15(13)11-6-4-5-10(3)7-11/h4-9,16H,1-3H3. The van der Waals surface area contributed by atoms with Gasteiger partial charge in [-0.15, -0.1) is 0 Å². The third-order valence-corrected chi connectivity index (χ3v) is 2.58. The average molecular weight is 216 g/mol. The Morgan fingerprint density at radius 3 is 2.69 bits per heavy atom. The summed E-state index contributed by atoms with van der Waals surface area (Å²) in [6.45, 7) is 6.13. The molecule has 0 aliphatic rings. The van der Waals surface area contributed by atoms with E-state index in [1.165, 1.54) is 11.8 Å². The molecule has 1 aromatic carbocycles. The minimum atomic E-state index is 0.239. The van der Waals surface area contributed by atoms with Crippen molar-refractivity contribution in [1.29, 1.82) is 0 Å². The van der Waals surface area contributed by atoms with Crippen LogP contribution in [0.1, 0.15) is 31.0 Å². The van der Waals surface area contributed by atoms with Crippen LogP contribution in [0.15, 0.2) is 30.5 Å². The first-order valence-electron chi connectivity index (χ1n) is 5.43. The van der Waals surface area contributed by atoms with Crippen molar-refractivity contribution in [2.75, 3.05) is 0 Å². The average Bonchev–Trinajstić information content (AvgIpc) is 2.60. The Kier molecular flexibility index (Phi) is 2.69. The van der Waals surface area contributed by atoms with E-state index in [1.807, 2.05) is 39.0 Å². The topological polar surface area (TPSA) is 38.0 Å². The first kappa shape index (κ1) is 10.7. The van der Waals surface area contributed by atoms with Crippen LogP contribution < -0.4 is 0 Å². The lowest BCUT2D eigenvalue weighted by molar-refractivity contribution is 0.463. The summed E-state index contributed by atoms with van der Waals surface area (Å²) in [7, 11) is 0. The molecule has 0 aliphatic heterocycles. The van der Waals surface area contributed by atoms with Crippen LogP contribution in [0, 0.1) is 6.92 Å². The third kappa shape index (κ3) is 1.81. The van der Waals surface area contributed by atoms with Gasteiger partial charge in [0.2, 0.25) is 0 Å². The van der Waals surface area contributed by atoms with E-state index in [0.29, 0.717) is 0 Å². The van der Waals surface area contributed by atoms with Crippen molar-refractivity contribution in [3.05, 3.63) is 41.7 Å². The molecule has 0 atom stereocenters. The number of aryl methyl sites for hydroxylation is 1. The lowest BCUT2D eigenvalue weighted by Crippen LogP contribution is -2.03. The molecule has 1 aromatic heterocycles. The van der Waals surface area contributed by atoms with Gasteiger partial charge in [-0.05, 0) is 30.5 Å². The molecule has 0 saturated carbocycles. The SMILES string of the molecule is Cc1cccc(-n2ncc(O)c2C(C)C)c1. The second-order valence-corrected chi connectivity index (χ2v) is 4.32. The Morgan fingerprint density at radius 1 is 1.31 bits per heavy atom. The summed E-state index contributed by atoms with van der Waals surface area (Å²) in [5.74, 6) is 0.500. The summed E-state index contributed by atoms with van der Waals surface area (Å²) < 4.78 is 1.80. The Balaban J connectivity index is 2.56. The van der Waals surface area contributed by atoms with E-state index in [4.69, 9.17) is 0 Å². The highest BCUT2D eigenvalue weighted by Crippen LogP contribution is 2.27. The molecule has 1 N–H and O–H groups in total. The maximum Gasteiger partial charge on any atom is 0.157 e. The van der Waals surface area contributed by atoms with E-state index in [2.05, 4.69) is 11.2 Å². The Morgan fingerprint density at radius 2 is 2.06 bits per heavy atom. The van der Waals surface area contributed by atoms with Crippen LogP contribution in [-0.2, 0) is 0 Å². The molecule has 1 heterocycles. The molecule has 3 nitrogen and oxygen atoms in total. The van der Waals surface area contributed by atoms with Crippen molar-refractivity contribution < 1.29 is 5.11 Å². The lowest BCUT2D eigenvalue weighted by atomic mass is 10.1. The van der Waals surface area contributed by atoms with E-state index in [1.54, 1.807) is 4.68 Å². The van der Waals surface area contributed by atoms with E-state index in [0.717, 1.165) is 11.4 Å². The largest absolute Gasteiger partial charge is 0.504 e. The van der Waals surface area contributed by atoms with Gasteiger partial charge in [-0.2, -0.15) is 5.10 Å². The van der Waals surface area contributed by atoms with Gasteiger partial charge in [-0.3, -0.25) is 0 Å². The van der Waals surface area contributed by atoms with Crippen molar-refractivity contribution in [2.45, 2.75) is 26.7 Å². The van der Waals surface area contributed by atoms with Gasteiger partial charge in [-0.25, -0.2) is 4.68 Å². The molecule has 16 heavy (non-hydrogen) atoms. The minimum Gasteiger partial charge on any atom is -0.504 e. The zero-order chi connectivity index (χ0) is 11.7. The highest BCUT2D eigenvalue weighted by Gasteiger charge is 2.14. The number of nitrogens with zero attached hydrogens (tertiary/aromatic N) is 2. The second-order valence-electron chi connectivity index (χ2n) is 4.32. The summed E-state index contributed by atoms with van der Waals surface area (Å²) in [6.07, 6.45) is 1.50. The number of rotatable bonds is 2. The molecule has 0 fully saturated rings. The zero-order valence-corrected chi connectivity index (χ0v) is 9.81. The molecule has 3 heteroatoms. The first-order chi connectivity index (χ1) is 7.59. The second kappa shape index (κ2) is 4.00. The van der Waals surface area contributed by atoms with Crippen LogP contribution in [0.2, 0.25) is 0 Å². The van der Waals surface area contributed by atoms with Crippen molar-refractivity contribution in [3.63, 3.8) is 0 Å². The summed E-state index contributed by atoms with van der Waals surface area (Å²) >= 11 is 0. The monoisotopic (exact) mass is 216 g/mol. The zero-order valence-electron chi connectivity index (χ0n) is 9.81. The summed E-state index contributed by atoms with van der Waals surface area (Å²) in [6, 6.07) is 8.08.